The molecule has 0 atom stereocenters. The van der Waals surface area contributed by atoms with Gasteiger partial charge in [0.05, 0.1) is 19.6 Å². The average Bonchev–Trinajstić information content (AvgIpc) is 1.75. The Morgan fingerprint density at radius 2 is 0.414 bits per heavy atom. The van der Waals surface area contributed by atoms with Gasteiger partial charge in [-0.1, -0.05) is 290 Å². The Balaban J connectivity index is 2.49. The first kappa shape index (κ1) is 82.9. The highest BCUT2D eigenvalue weighted by molar-refractivity contribution is 7.99. The minimum Gasteiger partial charge on any atom is -0.464 e. The summed E-state index contributed by atoms with van der Waals surface area (Å²) in [6.45, 7) is 5.37. The molecule has 1 heterocycles. The van der Waals surface area contributed by atoms with Crippen molar-refractivity contribution in [2.24, 2.45) is 0 Å². The van der Waals surface area contributed by atoms with E-state index in [-0.39, 0.29) is 58.7 Å². The summed E-state index contributed by atoms with van der Waals surface area (Å²) in [5, 5.41) is 0. The minimum absolute atomic E-state index is 0.225. The van der Waals surface area contributed by atoms with Gasteiger partial charge in [0, 0.05) is 19.3 Å². The lowest BCUT2D eigenvalue weighted by Crippen LogP contribution is -2.55. The van der Waals surface area contributed by atoms with Crippen molar-refractivity contribution in [3.63, 3.8) is 0 Å². The van der Waals surface area contributed by atoms with Gasteiger partial charge >= 0.3 is 35.0 Å². The second kappa shape index (κ2) is 65.4. The van der Waals surface area contributed by atoms with E-state index >= 15 is 0 Å². The fourth-order valence-corrected chi connectivity index (χ4v) is 14.1. The number of hydrogen-bond acceptors (Lipinski definition) is 12. The van der Waals surface area contributed by atoms with E-state index < -0.39 is 35.0 Å². The maximum atomic E-state index is 13.7. The van der Waals surface area contributed by atoms with Gasteiger partial charge in [-0.15, -0.1) is 0 Å². The van der Waals surface area contributed by atoms with E-state index in [9.17, 15) is 28.8 Å². The molecule has 0 aliphatic rings. The zero-order chi connectivity index (χ0) is 63.0. The van der Waals surface area contributed by atoms with Crippen LogP contribution in [0.3, 0.4) is 0 Å². The van der Waals surface area contributed by atoms with Gasteiger partial charge in [0.15, 0.2) is 0 Å². The minimum atomic E-state index is -0.877. The fraction of sp³-hybridized carbons (Fsp3) is 0.917. The lowest BCUT2D eigenvalue weighted by molar-refractivity contribution is -0.144. The predicted octanol–water partition coefficient (Wildman–Crippen LogP) is 20.0. The van der Waals surface area contributed by atoms with Crippen LogP contribution in [-0.4, -0.2) is 85.9 Å². The molecule has 0 aliphatic carbocycles. The summed E-state index contributed by atoms with van der Waals surface area (Å²) in [5.41, 5.74) is -2.63. The molecule has 0 amide bonds. The zero-order valence-electron chi connectivity index (χ0n) is 56.8. The van der Waals surface area contributed by atoms with Crippen LogP contribution in [0.25, 0.3) is 0 Å². The summed E-state index contributed by atoms with van der Waals surface area (Å²) in [5.74, 6) is 4.58. The van der Waals surface area contributed by atoms with E-state index in [4.69, 9.17) is 14.2 Å². The number of ether oxygens (including phenoxy) is 3. The normalized spacial score (nSPS) is 11.5. The highest BCUT2D eigenvalue weighted by Crippen LogP contribution is 2.19. The Labute approximate surface area is 546 Å². The first-order valence-electron chi connectivity index (χ1n) is 36.9. The third kappa shape index (κ3) is 53.1. The molecule has 0 bridgehead atoms. The molecule has 1 aromatic heterocycles. The molecule has 0 saturated heterocycles. The number of rotatable bonds is 69. The fourth-order valence-electron chi connectivity index (χ4n) is 11.2. The average molecular weight is 1280 g/mol. The summed E-state index contributed by atoms with van der Waals surface area (Å²) in [4.78, 5) is 79.3. The number of carbonyl (C=O) groups excluding carboxylic acids is 3. The topological polar surface area (TPSA) is 145 Å². The van der Waals surface area contributed by atoms with E-state index in [2.05, 4.69) is 20.8 Å². The molecular formula is C72H135N3O9S3. The highest BCUT2D eigenvalue weighted by atomic mass is 32.2. The predicted molar refractivity (Wildman–Crippen MR) is 377 cm³/mol. The smallest absolute Gasteiger partial charge is 0.336 e. The lowest BCUT2D eigenvalue weighted by atomic mass is 10.0. The van der Waals surface area contributed by atoms with Crippen LogP contribution in [0.5, 0.6) is 0 Å². The molecule has 0 spiro atoms. The standard InChI is InChI=1S/C72H135N3O9S3/c1-4-7-10-13-16-19-22-25-28-31-34-37-40-43-46-61-85-64-49-52-67(76)82-58-55-73-70(79)74(56-59-83-68(77)53-50-65-86-62-47-44-41-38-35-32-29-26-23-20-17-14-11-8-5-2)72(81)75(71(73)80)57-60-84-69(78)54-51-66-87-63-48-45-42-39-36-33-30-27-24-21-18-15-12-9-6-3/h4-66H2,1-3H3. The van der Waals surface area contributed by atoms with Crippen LogP contribution in [-0.2, 0) is 48.2 Å². The number of aromatic nitrogens is 3. The SMILES string of the molecule is CCCCCCCCCCCCCCCCCSCCCC(=O)OCCn1c(=O)n(CCOC(=O)CCCSCCCCCCCCCCCCCCCCC)c(=O)n(CCOC(=O)CCCSCCCCCCCCCCCCCCCCC)c1=O. The van der Waals surface area contributed by atoms with Crippen LogP contribution in [0.2, 0.25) is 0 Å². The zero-order valence-corrected chi connectivity index (χ0v) is 59.2. The largest absolute Gasteiger partial charge is 0.464 e. The Morgan fingerprint density at radius 3 is 0.598 bits per heavy atom. The molecule has 0 aromatic carbocycles. The maximum Gasteiger partial charge on any atom is 0.336 e. The van der Waals surface area contributed by atoms with Crippen LogP contribution in [0, 0.1) is 0 Å². The van der Waals surface area contributed by atoms with Crippen molar-refractivity contribution in [1.82, 2.24) is 13.7 Å². The van der Waals surface area contributed by atoms with Crippen LogP contribution >= 0.6 is 35.3 Å². The van der Waals surface area contributed by atoms with E-state index in [0.717, 1.165) is 48.2 Å². The second-order valence-electron chi connectivity index (χ2n) is 25.0. The molecule has 1 rings (SSSR count). The number of carbonyl (C=O) groups is 3. The van der Waals surface area contributed by atoms with Crippen molar-refractivity contribution in [3.8, 4) is 0 Å². The van der Waals surface area contributed by atoms with Gasteiger partial charge in [0.2, 0.25) is 0 Å². The highest BCUT2D eigenvalue weighted by Gasteiger charge is 2.18. The summed E-state index contributed by atoms with van der Waals surface area (Å²) < 4.78 is 19.0. The maximum absolute atomic E-state index is 13.7. The monoisotopic (exact) mass is 1280 g/mol. The van der Waals surface area contributed by atoms with E-state index in [1.807, 2.05) is 35.3 Å². The number of hydrogen-bond donors (Lipinski definition) is 0. The molecule has 0 unspecified atom stereocenters. The van der Waals surface area contributed by atoms with Crippen LogP contribution < -0.4 is 17.1 Å². The molecule has 12 nitrogen and oxygen atoms in total. The van der Waals surface area contributed by atoms with Gasteiger partial charge in [-0.3, -0.25) is 14.4 Å². The summed E-state index contributed by atoms with van der Waals surface area (Å²) >= 11 is 5.57. The summed E-state index contributed by atoms with van der Waals surface area (Å²) in [6, 6.07) is 0. The molecule has 87 heavy (non-hydrogen) atoms. The summed E-state index contributed by atoms with van der Waals surface area (Å²) in [7, 11) is 0. The van der Waals surface area contributed by atoms with Crippen molar-refractivity contribution < 1.29 is 28.6 Å². The molecule has 1 aromatic rings. The van der Waals surface area contributed by atoms with Gasteiger partial charge < -0.3 is 14.2 Å². The van der Waals surface area contributed by atoms with Gasteiger partial charge in [-0.2, -0.15) is 35.3 Å². The number of thioether (sulfide) groups is 3. The lowest BCUT2D eigenvalue weighted by Gasteiger charge is -2.14. The third-order valence-corrected chi connectivity index (χ3v) is 20.3. The van der Waals surface area contributed by atoms with Crippen molar-refractivity contribution >= 4 is 53.2 Å². The van der Waals surface area contributed by atoms with Crippen molar-refractivity contribution in [1.29, 1.82) is 0 Å². The molecule has 0 fully saturated rings. The Hall–Kier alpha value is -2.13. The van der Waals surface area contributed by atoms with Crippen LogP contribution in [0.4, 0.5) is 0 Å². The first-order chi connectivity index (χ1) is 42.8. The Bertz CT molecular complexity index is 1650. The summed E-state index contributed by atoms with van der Waals surface area (Å²) in [6.07, 6.45) is 63.3. The van der Waals surface area contributed by atoms with E-state index in [0.29, 0.717) is 19.3 Å². The van der Waals surface area contributed by atoms with Gasteiger partial charge in [-0.25, -0.2) is 28.1 Å². The van der Waals surface area contributed by atoms with Gasteiger partial charge in [0.25, 0.3) is 0 Å². The third-order valence-electron chi connectivity index (χ3n) is 16.8. The molecule has 0 N–H and O–H groups in total. The molecular weight excluding hydrogens is 1150 g/mol. The molecule has 15 heteroatoms. The van der Waals surface area contributed by atoms with Gasteiger partial charge in [-0.05, 0) is 73.0 Å². The molecule has 0 aliphatic heterocycles. The van der Waals surface area contributed by atoms with Crippen molar-refractivity contribution in [3.05, 3.63) is 31.5 Å². The Morgan fingerprint density at radius 1 is 0.253 bits per heavy atom. The molecule has 510 valence electrons. The second-order valence-corrected chi connectivity index (χ2v) is 28.6. The van der Waals surface area contributed by atoms with Gasteiger partial charge in [0.1, 0.15) is 19.8 Å². The van der Waals surface area contributed by atoms with Crippen LogP contribution in [0.1, 0.15) is 348 Å². The quantitative estimate of drug-likeness (QED) is 0.0348. The van der Waals surface area contributed by atoms with E-state index in [1.165, 1.54) is 289 Å². The van der Waals surface area contributed by atoms with Crippen molar-refractivity contribution in [2.45, 2.75) is 368 Å². The van der Waals surface area contributed by atoms with Crippen LogP contribution in [0.15, 0.2) is 14.4 Å². The first-order valence-corrected chi connectivity index (χ1v) is 40.4. The number of unbranched alkanes of at least 4 members (excludes halogenated alkanes) is 42. The Kier molecular flexibility index (Phi) is 62.3. The van der Waals surface area contributed by atoms with E-state index in [1.54, 1.807) is 0 Å². The molecule has 0 radical (unpaired) electrons. The molecule has 0 saturated carbocycles. The number of nitrogens with zero attached hydrogens (tertiary/aromatic N) is 3. The van der Waals surface area contributed by atoms with Crippen molar-refractivity contribution in [2.75, 3.05) is 54.3 Å². The number of esters is 3.